The monoisotopic (exact) mass is 222 g/mol. The van der Waals surface area contributed by atoms with Gasteiger partial charge in [-0.1, -0.05) is 50.0 Å². The number of hydrogen-bond acceptors (Lipinski definition) is 1. The first-order valence-corrected chi connectivity index (χ1v) is 9.22. The first kappa shape index (κ1) is 12.5. The molecule has 0 radical (unpaired) electrons. The van der Waals surface area contributed by atoms with Gasteiger partial charge in [0, 0.05) is 0 Å². The predicted molar refractivity (Wildman–Crippen MR) is 68.8 cm³/mol. The van der Waals surface area contributed by atoms with Crippen molar-refractivity contribution in [3.8, 4) is 0 Å². The maximum Gasteiger partial charge on any atom is 0.0522 e. The van der Waals surface area contributed by atoms with Gasteiger partial charge < -0.3 is 5.11 Å². The van der Waals surface area contributed by atoms with Crippen LogP contribution in [0.4, 0.5) is 0 Å². The second-order valence-corrected chi connectivity index (χ2v) is 10.8. The van der Waals surface area contributed by atoms with Crippen LogP contribution >= 0.6 is 0 Å². The van der Waals surface area contributed by atoms with Gasteiger partial charge in [-0.2, -0.15) is 0 Å². The molecule has 1 nitrogen and oxygen atoms in total. The molecule has 1 aromatic carbocycles. The van der Waals surface area contributed by atoms with Crippen molar-refractivity contribution in [1.29, 1.82) is 0 Å². The fraction of sp³-hybridized carbons (Fsp3) is 0.538. The molecule has 2 atom stereocenters. The lowest BCUT2D eigenvalue weighted by atomic mass is 10.1. The summed E-state index contributed by atoms with van der Waals surface area (Å²) in [6.07, 6.45) is 0.682. The summed E-state index contributed by atoms with van der Waals surface area (Å²) in [6.45, 7) is 8.99. The lowest BCUT2D eigenvalue weighted by Crippen LogP contribution is -2.33. The molecule has 0 spiro atoms. The largest absolute Gasteiger partial charge is 0.393 e. The molecule has 1 aromatic rings. The second kappa shape index (κ2) is 4.95. The number of aliphatic hydroxyl groups is 1. The summed E-state index contributed by atoms with van der Waals surface area (Å²) < 4.78 is 0. The molecule has 0 amide bonds. The molecule has 0 aliphatic heterocycles. The molecule has 1 rings (SSSR count). The van der Waals surface area contributed by atoms with Crippen molar-refractivity contribution in [2.75, 3.05) is 0 Å². The number of aliphatic hydroxyl groups excluding tert-OH is 1. The normalized spacial score (nSPS) is 16.1. The summed E-state index contributed by atoms with van der Waals surface area (Å²) in [5.74, 6) is 0. The Morgan fingerprint density at radius 1 is 1.13 bits per heavy atom. The van der Waals surface area contributed by atoms with Gasteiger partial charge in [-0.3, -0.25) is 0 Å². The van der Waals surface area contributed by atoms with E-state index in [0.29, 0.717) is 5.54 Å². The van der Waals surface area contributed by atoms with Crippen LogP contribution in [0.2, 0.25) is 19.6 Å². The highest BCUT2D eigenvalue weighted by atomic mass is 28.3. The van der Waals surface area contributed by atoms with Crippen LogP contribution < -0.4 is 0 Å². The average Bonchev–Trinajstić information content (AvgIpc) is 2.14. The van der Waals surface area contributed by atoms with Crippen molar-refractivity contribution in [2.24, 2.45) is 0 Å². The Morgan fingerprint density at radius 2 is 1.67 bits per heavy atom. The Hall–Kier alpha value is -0.603. The molecule has 0 saturated carbocycles. The van der Waals surface area contributed by atoms with Crippen LogP contribution in [-0.2, 0) is 0 Å². The molecule has 0 aliphatic carbocycles. The standard InChI is InChI=1S/C13H22OSi/c1-11(14)10-13(15(2,3)4)12-8-6-5-7-9-12/h5-9,11,13-14H,10H2,1-4H3/t11-,13-/m0/s1. The molecular weight excluding hydrogens is 200 g/mol. The zero-order valence-electron chi connectivity index (χ0n) is 10.2. The predicted octanol–water partition coefficient (Wildman–Crippen LogP) is 3.42. The van der Waals surface area contributed by atoms with Crippen LogP contribution in [-0.4, -0.2) is 19.3 Å². The van der Waals surface area contributed by atoms with Gasteiger partial charge in [0.15, 0.2) is 0 Å². The third kappa shape index (κ3) is 3.80. The van der Waals surface area contributed by atoms with Gasteiger partial charge in [-0.25, -0.2) is 0 Å². The molecular formula is C13H22OSi. The lowest BCUT2D eigenvalue weighted by Gasteiger charge is -2.30. The van der Waals surface area contributed by atoms with Crippen molar-refractivity contribution in [3.05, 3.63) is 35.9 Å². The van der Waals surface area contributed by atoms with Crippen LogP contribution in [0.25, 0.3) is 0 Å². The second-order valence-electron chi connectivity index (χ2n) is 5.41. The van der Waals surface area contributed by atoms with Crippen molar-refractivity contribution in [1.82, 2.24) is 0 Å². The first-order chi connectivity index (χ1) is 6.91. The van der Waals surface area contributed by atoms with E-state index in [1.807, 2.05) is 13.0 Å². The molecule has 0 saturated heterocycles. The van der Waals surface area contributed by atoms with E-state index < -0.39 is 8.07 Å². The summed E-state index contributed by atoms with van der Waals surface area (Å²) in [6, 6.07) is 10.6. The SMILES string of the molecule is C[C@H](O)C[C@@H](c1ccccc1)[Si](C)(C)C. The average molecular weight is 222 g/mol. The fourth-order valence-corrected chi connectivity index (χ4v) is 4.26. The first-order valence-electron chi connectivity index (χ1n) is 5.64. The Balaban J connectivity index is 2.92. The number of hydrogen-bond donors (Lipinski definition) is 1. The van der Waals surface area contributed by atoms with Gasteiger partial charge in [0.1, 0.15) is 0 Å². The maximum atomic E-state index is 9.57. The molecule has 0 heterocycles. The van der Waals surface area contributed by atoms with Gasteiger partial charge in [-0.15, -0.1) is 0 Å². The summed E-state index contributed by atoms with van der Waals surface area (Å²) in [5.41, 5.74) is 1.94. The summed E-state index contributed by atoms with van der Waals surface area (Å²) in [4.78, 5) is 0. The third-order valence-corrected chi connectivity index (χ3v) is 5.48. The Morgan fingerprint density at radius 3 is 2.07 bits per heavy atom. The van der Waals surface area contributed by atoms with E-state index in [9.17, 15) is 5.11 Å². The number of rotatable bonds is 4. The molecule has 84 valence electrons. The smallest absolute Gasteiger partial charge is 0.0522 e. The summed E-state index contributed by atoms with van der Waals surface area (Å²) >= 11 is 0. The van der Waals surface area contributed by atoms with E-state index in [0.717, 1.165) is 6.42 Å². The molecule has 1 N–H and O–H groups in total. The Labute approximate surface area is 94.2 Å². The fourth-order valence-electron chi connectivity index (χ4n) is 2.02. The molecule has 0 aromatic heterocycles. The van der Waals surface area contributed by atoms with E-state index in [1.54, 1.807) is 0 Å². The quantitative estimate of drug-likeness (QED) is 0.774. The van der Waals surface area contributed by atoms with Crippen molar-refractivity contribution in [3.63, 3.8) is 0 Å². The molecule has 0 fully saturated rings. The van der Waals surface area contributed by atoms with E-state index in [2.05, 4.69) is 43.9 Å². The van der Waals surface area contributed by atoms with Gasteiger partial charge in [0.2, 0.25) is 0 Å². The van der Waals surface area contributed by atoms with Crippen LogP contribution in [0.1, 0.15) is 24.4 Å². The van der Waals surface area contributed by atoms with Crippen LogP contribution in [0.5, 0.6) is 0 Å². The summed E-state index contributed by atoms with van der Waals surface area (Å²) in [7, 11) is -1.25. The molecule has 0 aliphatic rings. The van der Waals surface area contributed by atoms with Crippen LogP contribution in [0.3, 0.4) is 0 Å². The van der Waals surface area contributed by atoms with Crippen molar-refractivity contribution in [2.45, 2.75) is 44.6 Å². The minimum atomic E-state index is -1.25. The van der Waals surface area contributed by atoms with E-state index in [4.69, 9.17) is 0 Å². The van der Waals surface area contributed by atoms with Crippen LogP contribution in [0, 0.1) is 0 Å². The zero-order valence-corrected chi connectivity index (χ0v) is 11.2. The minimum absolute atomic E-state index is 0.207. The Bertz CT molecular complexity index is 287. The Kier molecular flexibility index (Phi) is 4.11. The van der Waals surface area contributed by atoms with E-state index >= 15 is 0 Å². The highest BCUT2D eigenvalue weighted by Crippen LogP contribution is 2.31. The van der Waals surface area contributed by atoms with Gasteiger partial charge in [0.05, 0.1) is 14.2 Å². The summed E-state index contributed by atoms with van der Waals surface area (Å²) in [5, 5.41) is 9.57. The highest BCUT2D eigenvalue weighted by Gasteiger charge is 2.28. The van der Waals surface area contributed by atoms with Crippen molar-refractivity contribution < 1.29 is 5.11 Å². The molecule has 15 heavy (non-hydrogen) atoms. The zero-order chi connectivity index (χ0) is 11.5. The highest BCUT2D eigenvalue weighted by molar-refractivity contribution is 6.77. The minimum Gasteiger partial charge on any atom is -0.393 e. The van der Waals surface area contributed by atoms with Gasteiger partial charge in [-0.05, 0) is 24.4 Å². The topological polar surface area (TPSA) is 20.2 Å². The third-order valence-electron chi connectivity index (χ3n) is 2.82. The van der Waals surface area contributed by atoms with E-state index in [1.165, 1.54) is 5.56 Å². The van der Waals surface area contributed by atoms with Crippen LogP contribution in [0.15, 0.2) is 30.3 Å². The van der Waals surface area contributed by atoms with Gasteiger partial charge >= 0.3 is 0 Å². The van der Waals surface area contributed by atoms with E-state index in [-0.39, 0.29) is 6.10 Å². The number of benzene rings is 1. The lowest BCUT2D eigenvalue weighted by molar-refractivity contribution is 0.182. The molecule has 2 heteroatoms. The van der Waals surface area contributed by atoms with Gasteiger partial charge in [0.25, 0.3) is 0 Å². The molecule has 0 unspecified atom stereocenters. The maximum absolute atomic E-state index is 9.57. The van der Waals surface area contributed by atoms with Crippen molar-refractivity contribution >= 4 is 8.07 Å². The molecule has 0 bridgehead atoms.